The molecule has 0 bridgehead atoms. The molecular weight excluding hydrogens is 212 g/mol. The Morgan fingerprint density at radius 1 is 1.27 bits per heavy atom. The van der Waals surface area contributed by atoms with Crippen molar-refractivity contribution in [3.05, 3.63) is 35.9 Å². The standard InChI is InChI=1S/C12H16O2.ClH/c1-4-14-11(13)12(2,3)10-8-6-5-7-9-10;/h5-9H,4H2,1-3H3;1H. The van der Waals surface area contributed by atoms with Crippen LogP contribution in [0.3, 0.4) is 0 Å². The normalized spacial score (nSPS) is 10.3. The summed E-state index contributed by atoms with van der Waals surface area (Å²) in [6.07, 6.45) is 0. The van der Waals surface area contributed by atoms with Crippen molar-refractivity contribution in [3.63, 3.8) is 0 Å². The molecule has 0 unspecified atom stereocenters. The van der Waals surface area contributed by atoms with Gasteiger partial charge in [0.2, 0.25) is 0 Å². The molecule has 0 aliphatic carbocycles. The Morgan fingerprint density at radius 2 is 1.80 bits per heavy atom. The van der Waals surface area contributed by atoms with Crippen molar-refractivity contribution in [2.45, 2.75) is 26.2 Å². The smallest absolute Gasteiger partial charge is 0.315 e. The zero-order chi connectivity index (χ0) is 10.6. The maximum Gasteiger partial charge on any atom is 0.315 e. The van der Waals surface area contributed by atoms with Gasteiger partial charge in [-0.3, -0.25) is 4.79 Å². The summed E-state index contributed by atoms with van der Waals surface area (Å²) >= 11 is 0. The van der Waals surface area contributed by atoms with Gasteiger partial charge >= 0.3 is 5.97 Å². The van der Waals surface area contributed by atoms with E-state index in [2.05, 4.69) is 0 Å². The van der Waals surface area contributed by atoms with Crippen molar-refractivity contribution < 1.29 is 9.53 Å². The van der Waals surface area contributed by atoms with E-state index < -0.39 is 5.41 Å². The Morgan fingerprint density at radius 3 is 2.27 bits per heavy atom. The lowest BCUT2D eigenvalue weighted by Gasteiger charge is -2.22. The third-order valence-corrected chi connectivity index (χ3v) is 2.28. The van der Waals surface area contributed by atoms with Gasteiger partial charge in [-0.1, -0.05) is 30.3 Å². The topological polar surface area (TPSA) is 26.3 Å². The van der Waals surface area contributed by atoms with Gasteiger partial charge in [-0.05, 0) is 26.3 Å². The van der Waals surface area contributed by atoms with Crippen LogP contribution in [0.4, 0.5) is 0 Å². The molecule has 0 aliphatic rings. The fourth-order valence-corrected chi connectivity index (χ4v) is 1.28. The Labute approximate surface area is 97.0 Å². The van der Waals surface area contributed by atoms with Gasteiger partial charge in [0.15, 0.2) is 0 Å². The van der Waals surface area contributed by atoms with Gasteiger partial charge in [0.05, 0.1) is 12.0 Å². The molecule has 0 spiro atoms. The number of benzene rings is 1. The third kappa shape index (κ3) is 3.24. The van der Waals surface area contributed by atoms with Crippen LogP contribution in [0.15, 0.2) is 30.3 Å². The summed E-state index contributed by atoms with van der Waals surface area (Å²) in [5.74, 6) is -0.175. The molecule has 0 heterocycles. The van der Waals surface area contributed by atoms with Gasteiger partial charge < -0.3 is 4.74 Å². The van der Waals surface area contributed by atoms with Gasteiger partial charge in [0.25, 0.3) is 0 Å². The predicted octanol–water partition coefficient (Wildman–Crippen LogP) is 2.95. The lowest BCUT2D eigenvalue weighted by molar-refractivity contribution is -0.148. The number of carbonyl (C=O) groups excluding carboxylic acids is 1. The van der Waals surface area contributed by atoms with Crippen LogP contribution >= 0.6 is 12.4 Å². The Hall–Kier alpha value is -1.02. The zero-order valence-electron chi connectivity index (χ0n) is 9.32. The molecular formula is C12H17ClO2. The molecule has 0 saturated heterocycles. The van der Waals surface area contributed by atoms with Crippen LogP contribution in [0.5, 0.6) is 0 Å². The number of carbonyl (C=O) groups is 1. The average molecular weight is 229 g/mol. The molecule has 0 radical (unpaired) electrons. The van der Waals surface area contributed by atoms with Crippen LogP contribution in [0.2, 0.25) is 0 Å². The Balaban J connectivity index is 0.00000196. The average Bonchev–Trinajstić information content (AvgIpc) is 2.19. The molecule has 0 fully saturated rings. The monoisotopic (exact) mass is 228 g/mol. The van der Waals surface area contributed by atoms with Crippen molar-refractivity contribution in [1.29, 1.82) is 0 Å². The molecule has 15 heavy (non-hydrogen) atoms. The number of rotatable bonds is 3. The summed E-state index contributed by atoms with van der Waals surface area (Å²) in [7, 11) is 0. The van der Waals surface area contributed by atoms with Gasteiger partial charge in [-0.2, -0.15) is 0 Å². The summed E-state index contributed by atoms with van der Waals surface area (Å²) in [5.41, 5.74) is 0.426. The van der Waals surface area contributed by atoms with Gasteiger partial charge in [0.1, 0.15) is 0 Å². The van der Waals surface area contributed by atoms with E-state index in [-0.39, 0.29) is 18.4 Å². The molecule has 0 N–H and O–H groups in total. The molecule has 0 aliphatic heterocycles. The number of hydrogen-bond acceptors (Lipinski definition) is 2. The molecule has 3 heteroatoms. The first-order valence-corrected chi connectivity index (χ1v) is 4.81. The summed E-state index contributed by atoms with van der Waals surface area (Å²) in [5, 5.41) is 0. The van der Waals surface area contributed by atoms with E-state index in [4.69, 9.17) is 4.74 Å². The van der Waals surface area contributed by atoms with Gasteiger partial charge in [-0.25, -0.2) is 0 Å². The van der Waals surface area contributed by atoms with E-state index in [9.17, 15) is 4.79 Å². The molecule has 1 aromatic carbocycles. The second-order valence-electron chi connectivity index (χ2n) is 3.71. The lowest BCUT2D eigenvalue weighted by Crippen LogP contribution is -2.30. The number of ether oxygens (including phenoxy) is 1. The highest BCUT2D eigenvalue weighted by Gasteiger charge is 2.30. The number of esters is 1. The van der Waals surface area contributed by atoms with E-state index in [1.165, 1.54) is 0 Å². The minimum Gasteiger partial charge on any atom is -0.465 e. The van der Waals surface area contributed by atoms with E-state index in [0.717, 1.165) is 5.56 Å². The van der Waals surface area contributed by atoms with E-state index in [1.54, 1.807) is 0 Å². The molecule has 1 aromatic rings. The maximum absolute atomic E-state index is 11.6. The quantitative estimate of drug-likeness (QED) is 0.744. The van der Waals surface area contributed by atoms with E-state index in [1.807, 2.05) is 51.1 Å². The molecule has 84 valence electrons. The largest absolute Gasteiger partial charge is 0.465 e. The highest BCUT2D eigenvalue weighted by Crippen LogP contribution is 2.24. The highest BCUT2D eigenvalue weighted by molar-refractivity contribution is 5.85. The van der Waals surface area contributed by atoms with Crippen LogP contribution < -0.4 is 0 Å². The minimum atomic E-state index is -0.558. The molecule has 0 aromatic heterocycles. The van der Waals surface area contributed by atoms with E-state index in [0.29, 0.717) is 6.61 Å². The lowest BCUT2D eigenvalue weighted by atomic mass is 9.85. The van der Waals surface area contributed by atoms with Gasteiger partial charge in [0, 0.05) is 0 Å². The van der Waals surface area contributed by atoms with Crippen molar-refractivity contribution in [2.24, 2.45) is 0 Å². The van der Waals surface area contributed by atoms with Crippen LogP contribution in [-0.2, 0) is 14.9 Å². The molecule has 0 amide bonds. The fourth-order valence-electron chi connectivity index (χ4n) is 1.28. The highest BCUT2D eigenvalue weighted by atomic mass is 35.5. The SMILES string of the molecule is CCOC(=O)C(C)(C)c1ccccc1.Cl. The summed E-state index contributed by atoms with van der Waals surface area (Å²) in [6, 6.07) is 9.67. The summed E-state index contributed by atoms with van der Waals surface area (Å²) < 4.78 is 5.02. The van der Waals surface area contributed by atoms with Crippen LogP contribution in [-0.4, -0.2) is 12.6 Å². The Bertz CT molecular complexity index is 307. The van der Waals surface area contributed by atoms with Crippen molar-refractivity contribution in [3.8, 4) is 0 Å². The molecule has 2 nitrogen and oxygen atoms in total. The van der Waals surface area contributed by atoms with Crippen molar-refractivity contribution >= 4 is 18.4 Å². The second kappa shape index (κ2) is 5.76. The van der Waals surface area contributed by atoms with Crippen molar-refractivity contribution in [1.82, 2.24) is 0 Å². The minimum absolute atomic E-state index is 0. The summed E-state index contributed by atoms with van der Waals surface area (Å²) in [4.78, 5) is 11.6. The predicted molar refractivity (Wildman–Crippen MR) is 63.3 cm³/mol. The molecule has 1 rings (SSSR count). The fraction of sp³-hybridized carbons (Fsp3) is 0.417. The van der Waals surface area contributed by atoms with Crippen LogP contribution in [0.1, 0.15) is 26.3 Å². The molecule has 0 atom stereocenters. The maximum atomic E-state index is 11.6. The number of hydrogen-bond donors (Lipinski definition) is 0. The third-order valence-electron chi connectivity index (χ3n) is 2.28. The first-order valence-electron chi connectivity index (χ1n) is 4.81. The van der Waals surface area contributed by atoms with Crippen molar-refractivity contribution in [2.75, 3.05) is 6.61 Å². The van der Waals surface area contributed by atoms with Crippen LogP contribution in [0.25, 0.3) is 0 Å². The molecule has 0 saturated carbocycles. The first-order chi connectivity index (χ1) is 6.59. The number of halogens is 1. The Kier molecular flexibility index (Phi) is 5.37. The van der Waals surface area contributed by atoms with Crippen LogP contribution in [0, 0.1) is 0 Å². The van der Waals surface area contributed by atoms with Gasteiger partial charge in [-0.15, -0.1) is 12.4 Å². The first kappa shape index (κ1) is 14.0. The second-order valence-corrected chi connectivity index (χ2v) is 3.71. The summed E-state index contributed by atoms with van der Waals surface area (Å²) in [6.45, 7) is 5.99. The zero-order valence-corrected chi connectivity index (χ0v) is 10.1. The van der Waals surface area contributed by atoms with E-state index >= 15 is 0 Å².